The van der Waals surface area contributed by atoms with E-state index in [2.05, 4.69) is 10.6 Å². The first-order valence-electron chi connectivity index (χ1n) is 4.42. The number of carbonyl (C=O) groups is 2. The fraction of sp³-hybridized carbons (Fsp3) is 0.750. The van der Waals surface area contributed by atoms with Crippen molar-refractivity contribution in [2.24, 2.45) is 5.73 Å². The van der Waals surface area contributed by atoms with Crippen molar-refractivity contribution in [2.75, 3.05) is 6.54 Å². The average Bonchev–Trinajstić information content (AvgIpc) is 2.34. The van der Waals surface area contributed by atoms with E-state index in [1.807, 2.05) is 0 Å². The average molecular weight is 185 g/mol. The Balaban J connectivity index is 2.31. The van der Waals surface area contributed by atoms with Gasteiger partial charge in [0.25, 0.3) is 0 Å². The highest BCUT2D eigenvalue weighted by Gasteiger charge is 2.25. The molecule has 1 saturated heterocycles. The van der Waals surface area contributed by atoms with E-state index in [9.17, 15) is 9.59 Å². The smallest absolute Gasteiger partial charge is 0.242 e. The Labute approximate surface area is 77.1 Å². The summed E-state index contributed by atoms with van der Waals surface area (Å²) < 4.78 is 0. The highest BCUT2D eigenvalue weighted by atomic mass is 16.2. The largest absolute Gasteiger partial charge is 0.354 e. The number of carbonyl (C=O) groups excluding carboxylic acids is 2. The van der Waals surface area contributed by atoms with Crippen LogP contribution in [0, 0.1) is 0 Å². The molecule has 2 amide bonds. The number of amides is 2. The highest BCUT2D eigenvalue weighted by Crippen LogP contribution is 1.99. The van der Waals surface area contributed by atoms with Gasteiger partial charge in [-0.1, -0.05) is 0 Å². The van der Waals surface area contributed by atoms with Gasteiger partial charge in [-0.15, -0.1) is 0 Å². The lowest BCUT2D eigenvalue weighted by Crippen LogP contribution is -2.41. The molecule has 0 aromatic carbocycles. The lowest BCUT2D eigenvalue weighted by atomic mass is 10.2. The Kier molecular flexibility index (Phi) is 3.25. The number of nitrogens with one attached hydrogen (secondary N) is 2. The van der Waals surface area contributed by atoms with Crippen LogP contribution in [0.15, 0.2) is 0 Å². The summed E-state index contributed by atoms with van der Waals surface area (Å²) in [7, 11) is 0. The second-order valence-corrected chi connectivity index (χ2v) is 3.38. The topological polar surface area (TPSA) is 84.2 Å². The van der Waals surface area contributed by atoms with Crippen molar-refractivity contribution in [1.29, 1.82) is 0 Å². The molecule has 0 bridgehead atoms. The van der Waals surface area contributed by atoms with Crippen molar-refractivity contribution < 1.29 is 9.59 Å². The molecule has 0 radical (unpaired) electrons. The van der Waals surface area contributed by atoms with Crippen molar-refractivity contribution in [3.63, 3.8) is 0 Å². The normalized spacial score (nSPS) is 23.8. The first kappa shape index (κ1) is 9.98. The summed E-state index contributed by atoms with van der Waals surface area (Å²) in [4.78, 5) is 22.2. The summed E-state index contributed by atoms with van der Waals surface area (Å²) in [6.45, 7) is 2.40. The van der Waals surface area contributed by atoms with Gasteiger partial charge in [0, 0.05) is 19.0 Å². The van der Waals surface area contributed by atoms with Gasteiger partial charge < -0.3 is 16.4 Å². The molecule has 1 unspecified atom stereocenters. The summed E-state index contributed by atoms with van der Waals surface area (Å²) in [6.07, 6.45) is 0.938. The molecule has 5 heteroatoms. The van der Waals surface area contributed by atoms with Crippen LogP contribution in [0.3, 0.4) is 0 Å². The first-order valence-corrected chi connectivity index (χ1v) is 4.42. The van der Waals surface area contributed by atoms with E-state index in [1.54, 1.807) is 6.92 Å². The molecule has 1 aliphatic heterocycles. The van der Waals surface area contributed by atoms with Gasteiger partial charge in [-0.3, -0.25) is 9.59 Å². The second kappa shape index (κ2) is 4.23. The molecule has 0 saturated carbocycles. The molecule has 13 heavy (non-hydrogen) atoms. The van der Waals surface area contributed by atoms with Crippen LogP contribution in [0.2, 0.25) is 0 Å². The minimum atomic E-state index is -0.355. The molecule has 1 heterocycles. The zero-order valence-corrected chi connectivity index (χ0v) is 7.67. The molecule has 1 rings (SSSR count). The third kappa shape index (κ3) is 3.02. The summed E-state index contributed by atoms with van der Waals surface area (Å²) in [5.41, 5.74) is 5.44. The van der Waals surface area contributed by atoms with Crippen LogP contribution < -0.4 is 16.4 Å². The second-order valence-electron chi connectivity index (χ2n) is 3.38. The van der Waals surface area contributed by atoms with Gasteiger partial charge >= 0.3 is 0 Å². The predicted molar refractivity (Wildman–Crippen MR) is 47.8 cm³/mol. The van der Waals surface area contributed by atoms with Crippen molar-refractivity contribution in [1.82, 2.24) is 10.6 Å². The Hall–Kier alpha value is -1.10. The van der Waals surface area contributed by atoms with Gasteiger partial charge in [0.05, 0.1) is 0 Å². The minimum Gasteiger partial charge on any atom is -0.354 e. The van der Waals surface area contributed by atoms with Gasteiger partial charge in [0.15, 0.2) is 0 Å². The zero-order chi connectivity index (χ0) is 9.84. The maximum absolute atomic E-state index is 11.2. The molecule has 0 spiro atoms. The minimum absolute atomic E-state index is 0.0991. The summed E-state index contributed by atoms with van der Waals surface area (Å²) in [6, 6.07) is -0.518. The van der Waals surface area contributed by atoms with Gasteiger partial charge in [-0.05, 0) is 13.3 Å². The predicted octanol–water partition coefficient (Wildman–Crippen LogP) is -1.27. The van der Waals surface area contributed by atoms with Crippen molar-refractivity contribution in [3.05, 3.63) is 0 Å². The van der Waals surface area contributed by atoms with E-state index in [1.165, 1.54) is 0 Å². The van der Waals surface area contributed by atoms with Gasteiger partial charge in [0.2, 0.25) is 11.8 Å². The third-order valence-electron chi connectivity index (χ3n) is 1.89. The summed E-state index contributed by atoms with van der Waals surface area (Å²) >= 11 is 0. The molecule has 2 atom stereocenters. The van der Waals surface area contributed by atoms with Crippen LogP contribution in [-0.2, 0) is 9.59 Å². The molecular formula is C8H15N3O2. The monoisotopic (exact) mass is 185 g/mol. The maximum atomic E-state index is 11.2. The maximum Gasteiger partial charge on any atom is 0.242 e. The van der Waals surface area contributed by atoms with E-state index in [0.29, 0.717) is 13.0 Å². The van der Waals surface area contributed by atoms with Crippen molar-refractivity contribution in [3.8, 4) is 0 Å². The van der Waals surface area contributed by atoms with E-state index < -0.39 is 0 Å². The van der Waals surface area contributed by atoms with E-state index in [-0.39, 0.29) is 30.3 Å². The third-order valence-corrected chi connectivity index (χ3v) is 1.89. The summed E-state index contributed by atoms with van der Waals surface area (Å²) in [5, 5.41) is 5.27. The molecule has 1 aliphatic rings. The van der Waals surface area contributed by atoms with E-state index >= 15 is 0 Å². The van der Waals surface area contributed by atoms with Gasteiger partial charge in [-0.25, -0.2) is 0 Å². The Bertz CT molecular complexity index is 215. The van der Waals surface area contributed by atoms with Crippen LogP contribution in [0.5, 0.6) is 0 Å². The molecule has 74 valence electrons. The SMILES string of the molecule is CC(N)CC(=O)N[C@H]1CCNC1=O. The van der Waals surface area contributed by atoms with Crippen LogP contribution in [-0.4, -0.2) is 30.4 Å². The van der Waals surface area contributed by atoms with Crippen molar-refractivity contribution >= 4 is 11.8 Å². The number of nitrogens with two attached hydrogens (primary N) is 1. The number of hydrogen-bond donors (Lipinski definition) is 3. The molecule has 0 aliphatic carbocycles. The number of rotatable bonds is 3. The fourth-order valence-corrected chi connectivity index (χ4v) is 1.28. The van der Waals surface area contributed by atoms with Crippen LogP contribution in [0.25, 0.3) is 0 Å². The summed E-state index contributed by atoms with van der Waals surface area (Å²) in [5.74, 6) is -0.255. The molecule has 5 nitrogen and oxygen atoms in total. The zero-order valence-electron chi connectivity index (χ0n) is 7.67. The molecule has 4 N–H and O–H groups in total. The van der Waals surface area contributed by atoms with Crippen molar-refractivity contribution in [2.45, 2.75) is 31.8 Å². The molecule has 1 fully saturated rings. The highest BCUT2D eigenvalue weighted by molar-refractivity contribution is 5.89. The lowest BCUT2D eigenvalue weighted by molar-refractivity contribution is -0.127. The first-order chi connectivity index (χ1) is 6.09. The quantitative estimate of drug-likeness (QED) is 0.512. The van der Waals surface area contributed by atoms with E-state index in [0.717, 1.165) is 0 Å². The Morgan fingerprint density at radius 1 is 1.85 bits per heavy atom. The van der Waals surface area contributed by atoms with Crippen LogP contribution in [0.4, 0.5) is 0 Å². The van der Waals surface area contributed by atoms with Gasteiger partial charge in [0.1, 0.15) is 6.04 Å². The standard InChI is InChI=1S/C8H15N3O2/c1-5(9)4-7(12)11-6-2-3-10-8(6)13/h5-6H,2-4,9H2,1H3,(H,10,13)(H,11,12)/t5?,6-/m0/s1. The van der Waals surface area contributed by atoms with E-state index in [4.69, 9.17) is 5.73 Å². The molecule has 0 aromatic rings. The Morgan fingerprint density at radius 2 is 2.54 bits per heavy atom. The van der Waals surface area contributed by atoms with Gasteiger partial charge in [-0.2, -0.15) is 0 Å². The van der Waals surface area contributed by atoms with Crippen LogP contribution in [0.1, 0.15) is 19.8 Å². The lowest BCUT2D eigenvalue weighted by Gasteiger charge is -2.10. The molecule has 0 aromatic heterocycles. The molecular weight excluding hydrogens is 170 g/mol. The fourth-order valence-electron chi connectivity index (χ4n) is 1.28. The van der Waals surface area contributed by atoms with Crippen LogP contribution >= 0.6 is 0 Å². The Morgan fingerprint density at radius 3 is 3.00 bits per heavy atom. The number of hydrogen-bond acceptors (Lipinski definition) is 3.